The number of carboxylic acids is 1. The number of ether oxygens (including phenoxy) is 1. The minimum absolute atomic E-state index is 0.0210. The maximum absolute atomic E-state index is 11.7. The molecule has 0 spiro atoms. The lowest BCUT2D eigenvalue weighted by Crippen LogP contribution is -2.36. The van der Waals surface area contributed by atoms with Crippen LogP contribution in [0.15, 0.2) is 48.7 Å². The number of hydrogen-bond donors (Lipinski definition) is 1. The van der Waals surface area contributed by atoms with Crippen LogP contribution in [-0.2, 0) is 4.74 Å². The summed E-state index contributed by atoms with van der Waals surface area (Å²) in [5, 5.41) is 15.6. The van der Waals surface area contributed by atoms with Gasteiger partial charge in [-0.25, -0.2) is 0 Å². The number of carboxylic acid groups (broad SMARTS) is 1. The molecule has 2 aromatic carbocycles. The average molecular weight is 390 g/mol. The van der Waals surface area contributed by atoms with Gasteiger partial charge in [0.2, 0.25) is 0 Å². The fraction of sp³-hybridized carbons (Fsp3) is 0.227. The molecule has 7 nitrogen and oxygen atoms in total. The van der Waals surface area contributed by atoms with Crippen LogP contribution in [0.4, 0.5) is 17.1 Å². The van der Waals surface area contributed by atoms with Crippen molar-refractivity contribution < 1.29 is 19.4 Å². The Morgan fingerprint density at radius 3 is 2.48 bits per heavy atom. The van der Waals surface area contributed by atoms with Crippen molar-refractivity contribution in [2.24, 2.45) is 0 Å². The Labute approximate surface area is 167 Å². The molecule has 0 radical (unpaired) electrons. The number of fused-ring (bicyclic) bond motifs is 1. The normalized spacial score (nSPS) is 14.0. The summed E-state index contributed by atoms with van der Waals surface area (Å²) in [6.07, 6.45) is 1.33. The predicted molar refractivity (Wildman–Crippen MR) is 109 cm³/mol. The lowest BCUT2D eigenvalue weighted by Gasteiger charge is -2.30. The first-order chi connectivity index (χ1) is 14.0. The maximum Gasteiger partial charge on any atom is 0.159 e. The highest BCUT2D eigenvalue weighted by molar-refractivity contribution is 6.07. The molecule has 0 saturated carbocycles. The van der Waals surface area contributed by atoms with E-state index < -0.39 is 5.97 Å². The molecule has 1 fully saturated rings. The monoisotopic (exact) mass is 390 g/mol. The van der Waals surface area contributed by atoms with E-state index in [4.69, 9.17) is 4.74 Å². The first-order valence-corrected chi connectivity index (χ1v) is 9.38. The van der Waals surface area contributed by atoms with Crippen LogP contribution >= 0.6 is 0 Å². The summed E-state index contributed by atoms with van der Waals surface area (Å²) in [7, 11) is 0. The summed E-state index contributed by atoms with van der Waals surface area (Å²) in [5.74, 6) is -1.34. The van der Waals surface area contributed by atoms with E-state index in [1.165, 1.54) is 13.1 Å². The van der Waals surface area contributed by atoms with Gasteiger partial charge in [-0.1, -0.05) is 12.1 Å². The highest BCUT2D eigenvalue weighted by Gasteiger charge is 2.18. The number of pyridine rings is 1. The highest BCUT2D eigenvalue weighted by Crippen LogP contribution is 2.34. The van der Waals surface area contributed by atoms with Crippen molar-refractivity contribution in [3.05, 3.63) is 59.8 Å². The number of aromatic carboxylic acids is 1. The fourth-order valence-corrected chi connectivity index (χ4v) is 3.49. The van der Waals surface area contributed by atoms with Gasteiger partial charge in [0.15, 0.2) is 5.78 Å². The molecule has 1 N–H and O–H groups in total. The Kier molecular flexibility index (Phi) is 5.14. The van der Waals surface area contributed by atoms with Crippen molar-refractivity contribution in [3.8, 4) is 0 Å². The second-order valence-electron chi connectivity index (χ2n) is 6.87. The molecule has 1 aliphatic rings. The van der Waals surface area contributed by atoms with E-state index in [0.29, 0.717) is 41.1 Å². The Morgan fingerprint density at radius 1 is 1.10 bits per heavy atom. The van der Waals surface area contributed by atoms with E-state index in [9.17, 15) is 14.7 Å². The smallest absolute Gasteiger partial charge is 0.159 e. The molecule has 0 bridgehead atoms. The van der Waals surface area contributed by atoms with Gasteiger partial charge < -0.3 is 24.9 Å². The number of rotatable bonds is 5. The Balaban J connectivity index is 1.80. The van der Waals surface area contributed by atoms with E-state index in [-0.39, 0.29) is 11.3 Å². The van der Waals surface area contributed by atoms with E-state index in [1.54, 1.807) is 24.3 Å². The summed E-state index contributed by atoms with van der Waals surface area (Å²) >= 11 is 0. The molecule has 7 heteroatoms. The molecule has 1 saturated heterocycles. The summed E-state index contributed by atoms with van der Waals surface area (Å²) < 4.78 is 5.43. The maximum atomic E-state index is 11.7. The molecule has 1 aliphatic heterocycles. The van der Waals surface area contributed by atoms with Gasteiger partial charge in [0, 0.05) is 41.5 Å². The van der Waals surface area contributed by atoms with Crippen molar-refractivity contribution in [2.75, 3.05) is 36.5 Å². The average Bonchev–Trinajstić information content (AvgIpc) is 2.74. The SMILES string of the molecule is CC(=O)c1ccc(Nc2c(C(=O)[O-])cnc3c(N4CCOCC4)cccc23)cc1. The highest BCUT2D eigenvalue weighted by atomic mass is 16.5. The molecular weight excluding hydrogens is 370 g/mol. The number of nitrogens with zero attached hydrogens (tertiary/aromatic N) is 2. The van der Waals surface area contributed by atoms with Gasteiger partial charge in [-0.15, -0.1) is 0 Å². The van der Waals surface area contributed by atoms with Gasteiger partial charge in [0.25, 0.3) is 0 Å². The van der Waals surface area contributed by atoms with E-state index in [2.05, 4.69) is 15.2 Å². The van der Waals surface area contributed by atoms with Crippen molar-refractivity contribution in [2.45, 2.75) is 6.92 Å². The van der Waals surface area contributed by atoms with Crippen LogP contribution in [0.5, 0.6) is 0 Å². The molecule has 0 unspecified atom stereocenters. The Bertz CT molecular complexity index is 1070. The third-order valence-corrected chi connectivity index (χ3v) is 5.01. The quantitative estimate of drug-likeness (QED) is 0.669. The number of hydrogen-bond acceptors (Lipinski definition) is 7. The summed E-state index contributed by atoms with van der Waals surface area (Å²) in [6, 6.07) is 12.6. The van der Waals surface area contributed by atoms with E-state index >= 15 is 0 Å². The number of nitrogens with one attached hydrogen (secondary N) is 1. The second-order valence-corrected chi connectivity index (χ2v) is 6.87. The number of carbonyl (C=O) groups excluding carboxylic acids is 2. The van der Waals surface area contributed by atoms with E-state index in [1.807, 2.05) is 18.2 Å². The minimum atomic E-state index is -1.31. The molecule has 3 aromatic rings. The van der Waals surface area contributed by atoms with Gasteiger partial charge in [-0.05, 0) is 37.3 Å². The largest absolute Gasteiger partial charge is 0.545 e. The lowest BCUT2D eigenvalue weighted by atomic mass is 10.1. The van der Waals surface area contributed by atoms with Gasteiger partial charge in [0.05, 0.1) is 36.1 Å². The third kappa shape index (κ3) is 3.77. The second kappa shape index (κ2) is 7.89. The van der Waals surface area contributed by atoms with Crippen LogP contribution < -0.4 is 15.3 Å². The number of anilines is 3. The van der Waals surface area contributed by atoms with Gasteiger partial charge in [0.1, 0.15) is 0 Å². The summed E-state index contributed by atoms with van der Waals surface area (Å²) in [6.45, 7) is 4.28. The van der Waals surface area contributed by atoms with Crippen LogP contribution in [0.1, 0.15) is 27.6 Å². The molecule has 148 valence electrons. The van der Waals surface area contributed by atoms with Crippen LogP contribution in [0.3, 0.4) is 0 Å². The summed E-state index contributed by atoms with van der Waals surface area (Å²) in [5.41, 5.74) is 3.30. The Morgan fingerprint density at radius 2 is 1.83 bits per heavy atom. The number of ketones is 1. The van der Waals surface area contributed by atoms with Crippen molar-refractivity contribution in [1.29, 1.82) is 0 Å². The zero-order valence-electron chi connectivity index (χ0n) is 16.0. The first kappa shape index (κ1) is 18.9. The number of aromatic nitrogens is 1. The molecule has 0 atom stereocenters. The number of para-hydroxylation sites is 1. The van der Waals surface area contributed by atoms with Gasteiger partial charge in [-0.3, -0.25) is 9.78 Å². The van der Waals surface area contributed by atoms with Crippen molar-refractivity contribution in [1.82, 2.24) is 4.98 Å². The Hall–Kier alpha value is -3.45. The summed E-state index contributed by atoms with van der Waals surface area (Å²) in [4.78, 5) is 29.8. The molecule has 0 aliphatic carbocycles. The van der Waals surface area contributed by atoms with Crippen LogP contribution in [-0.4, -0.2) is 43.0 Å². The molecule has 29 heavy (non-hydrogen) atoms. The molecule has 2 heterocycles. The predicted octanol–water partition coefficient (Wildman–Crippen LogP) is 2.38. The zero-order valence-corrected chi connectivity index (χ0v) is 16.0. The lowest BCUT2D eigenvalue weighted by molar-refractivity contribution is -0.254. The third-order valence-electron chi connectivity index (χ3n) is 5.01. The zero-order chi connectivity index (χ0) is 20.4. The molecule has 4 rings (SSSR count). The van der Waals surface area contributed by atoms with Crippen LogP contribution in [0.25, 0.3) is 10.9 Å². The van der Waals surface area contributed by atoms with Crippen LogP contribution in [0.2, 0.25) is 0 Å². The topological polar surface area (TPSA) is 94.6 Å². The van der Waals surface area contributed by atoms with Gasteiger partial charge >= 0.3 is 0 Å². The van der Waals surface area contributed by atoms with Crippen molar-refractivity contribution in [3.63, 3.8) is 0 Å². The number of carbonyl (C=O) groups is 2. The standard InChI is InChI=1S/C22H21N3O4/c1-14(26)15-5-7-16(8-6-15)24-20-17-3-2-4-19(25-9-11-29-12-10-25)21(17)23-13-18(20)22(27)28/h2-8,13H,9-12H2,1H3,(H,23,24)(H,27,28)/p-1. The fourth-order valence-electron chi connectivity index (χ4n) is 3.49. The molecule has 0 amide bonds. The molecular formula is C22H20N3O4-. The minimum Gasteiger partial charge on any atom is -0.545 e. The first-order valence-electron chi connectivity index (χ1n) is 9.38. The number of benzene rings is 2. The molecule has 1 aromatic heterocycles. The number of morpholine rings is 1. The number of Topliss-reactive ketones (excluding diaryl/α,β-unsaturated/α-hetero) is 1. The van der Waals surface area contributed by atoms with Crippen LogP contribution in [0, 0.1) is 0 Å². The van der Waals surface area contributed by atoms with E-state index in [0.717, 1.165) is 18.8 Å². The van der Waals surface area contributed by atoms with Gasteiger partial charge in [-0.2, -0.15) is 0 Å². The van der Waals surface area contributed by atoms with Crippen molar-refractivity contribution >= 4 is 39.7 Å².